The van der Waals surface area contributed by atoms with Crippen molar-refractivity contribution >= 4 is 5.91 Å². The lowest BCUT2D eigenvalue weighted by atomic mass is 9.74. The van der Waals surface area contributed by atoms with Crippen molar-refractivity contribution in [2.75, 3.05) is 26.3 Å². The number of amides is 1. The van der Waals surface area contributed by atoms with Crippen LogP contribution in [0, 0.1) is 17.7 Å². The lowest BCUT2D eigenvalue weighted by Gasteiger charge is -2.38. The Kier molecular flexibility index (Phi) is 5.51. The molecular formula is C19H27FN2O2. The molecule has 1 saturated carbocycles. The predicted octanol–water partition coefficient (Wildman–Crippen LogP) is 2.37. The van der Waals surface area contributed by atoms with Crippen LogP contribution in [-0.2, 0) is 14.9 Å². The molecule has 2 atom stereocenters. The van der Waals surface area contributed by atoms with Gasteiger partial charge in [-0.3, -0.25) is 4.79 Å². The Morgan fingerprint density at radius 1 is 1.25 bits per heavy atom. The molecule has 1 aromatic carbocycles. The van der Waals surface area contributed by atoms with Gasteiger partial charge in [0.05, 0.1) is 0 Å². The molecular weight excluding hydrogens is 307 g/mol. The molecule has 2 aliphatic rings. The zero-order valence-electron chi connectivity index (χ0n) is 14.1. The zero-order valence-corrected chi connectivity index (χ0v) is 14.1. The molecule has 2 fully saturated rings. The van der Waals surface area contributed by atoms with E-state index in [1.165, 1.54) is 12.1 Å². The fourth-order valence-electron chi connectivity index (χ4n) is 4.18. The molecule has 0 unspecified atom stereocenters. The molecule has 0 bridgehead atoms. The Morgan fingerprint density at radius 2 is 1.96 bits per heavy atom. The van der Waals surface area contributed by atoms with Crippen LogP contribution in [0.3, 0.4) is 0 Å². The minimum absolute atomic E-state index is 0.0418. The average Bonchev–Trinajstić information content (AvgIpc) is 3.10. The van der Waals surface area contributed by atoms with E-state index in [2.05, 4.69) is 5.32 Å². The highest BCUT2D eigenvalue weighted by molar-refractivity contribution is 5.79. The van der Waals surface area contributed by atoms with E-state index in [4.69, 9.17) is 10.5 Å². The number of hydrogen-bond donors (Lipinski definition) is 2. The molecule has 1 aliphatic heterocycles. The van der Waals surface area contributed by atoms with Gasteiger partial charge in [0.1, 0.15) is 5.82 Å². The number of carbonyl (C=O) groups is 1. The Labute approximate surface area is 142 Å². The number of nitrogens with one attached hydrogen (secondary N) is 1. The minimum Gasteiger partial charge on any atom is -0.381 e. The highest BCUT2D eigenvalue weighted by Crippen LogP contribution is 2.35. The second-order valence-corrected chi connectivity index (χ2v) is 7.15. The summed E-state index contributed by atoms with van der Waals surface area (Å²) in [6.07, 6.45) is 4.73. The first kappa shape index (κ1) is 17.4. The van der Waals surface area contributed by atoms with Crippen molar-refractivity contribution in [3.05, 3.63) is 35.6 Å². The van der Waals surface area contributed by atoms with Crippen LogP contribution in [0.15, 0.2) is 24.3 Å². The number of rotatable bonds is 5. The summed E-state index contributed by atoms with van der Waals surface area (Å²) in [6.45, 7) is 2.49. The van der Waals surface area contributed by atoms with Gasteiger partial charge in [0.25, 0.3) is 0 Å². The predicted molar refractivity (Wildman–Crippen MR) is 91.0 cm³/mol. The molecule has 0 spiro atoms. The molecule has 24 heavy (non-hydrogen) atoms. The first-order valence-corrected chi connectivity index (χ1v) is 8.96. The summed E-state index contributed by atoms with van der Waals surface area (Å²) in [5.74, 6) is 0.235. The summed E-state index contributed by atoms with van der Waals surface area (Å²) in [5.41, 5.74) is 6.71. The molecule has 1 aliphatic carbocycles. The topological polar surface area (TPSA) is 64.4 Å². The summed E-state index contributed by atoms with van der Waals surface area (Å²) in [5, 5.41) is 3.17. The van der Waals surface area contributed by atoms with Crippen molar-refractivity contribution in [2.45, 2.75) is 37.5 Å². The summed E-state index contributed by atoms with van der Waals surface area (Å²) >= 11 is 0. The maximum absolute atomic E-state index is 13.3. The molecule has 1 aromatic rings. The van der Waals surface area contributed by atoms with Gasteiger partial charge in [0, 0.05) is 31.1 Å². The summed E-state index contributed by atoms with van der Waals surface area (Å²) in [4.78, 5) is 12.6. The zero-order chi connectivity index (χ0) is 17.0. The lowest BCUT2D eigenvalue weighted by molar-refractivity contribution is -0.126. The van der Waals surface area contributed by atoms with Crippen molar-refractivity contribution in [2.24, 2.45) is 17.6 Å². The van der Waals surface area contributed by atoms with Crippen LogP contribution in [0.2, 0.25) is 0 Å². The van der Waals surface area contributed by atoms with Crippen LogP contribution in [0.1, 0.15) is 37.7 Å². The van der Waals surface area contributed by atoms with Gasteiger partial charge in [0.15, 0.2) is 0 Å². The largest absolute Gasteiger partial charge is 0.381 e. The van der Waals surface area contributed by atoms with E-state index in [0.717, 1.165) is 37.7 Å². The Bertz CT molecular complexity index is 555. The van der Waals surface area contributed by atoms with Gasteiger partial charge in [-0.1, -0.05) is 18.6 Å². The molecule has 1 amide bonds. The SMILES string of the molecule is NC[C@H]1CCC[C@H]1C(=O)NCC1(c2ccc(F)cc2)CCOCC1. The third-order valence-corrected chi connectivity index (χ3v) is 5.81. The van der Waals surface area contributed by atoms with Crippen molar-refractivity contribution in [3.8, 4) is 0 Å². The standard InChI is InChI=1S/C19H27FN2O2/c20-16-6-4-15(5-7-16)19(8-10-24-11-9-19)13-22-18(23)17-3-1-2-14(17)12-21/h4-7,14,17H,1-3,8-13,21H2,(H,22,23)/t14-,17-/m1/s1. The number of nitrogens with two attached hydrogens (primary N) is 1. The van der Waals surface area contributed by atoms with Crippen LogP contribution in [-0.4, -0.2) is 32.2 Å². The van der Waals surface area contributed by atoms with Gasteiger partial charge in [-0.05, 0) is 55.8 Å². The summed E-state index contributed by atoms with van der Waals surface area (Å²) in [6, 6.07) is 6.67. The van der Waals surface area contributed by atoms with Crippen LogP contribution in [0.25, 0.3) is 0 Å². The molecule has 5 heteroatoms. The van der Waals surface area contributed by atoms with E-state index in [-0.39, 0.29) is 23.1 Å². The van der Waals surface area contributed by atoms with E-state index in [9.17, 15) is 9.18 Å². The van der Waals surface area contributed by atoms with E-state index in [1.807, 2.05) is 12.1 Å². The maximum atomic E-state index is 13.3. The summed E-state index contributed by atoms with van der Waals surface area (Å²) < 4.78 is 18.8. The fraction of sp³-hybridized carbons (Fsp3) is 0.632. The Balaban J connectivity index is 1.70. The van der Waals surface area contributed by atoms with Crippen molar-refractivity contribution < 1.29 is 13.9 Å². The molecule has 1 heterocycles. The van der Waals surface area contributed by atoms with E-state index in [0.29, 0.717) is 32.2 Å². The first-order valence-electron chi connectivity index (χ1n) is 8.96. The smallest absolute Gasteiger partial charge is 0.223 e. The molecule has 3 N–H and O–H groups in total. The Morgan fingerprint density at radius 3 is 2.62 bits per heavy atom. The monoisotopic (exact) mass is 334 g/mol. The molecule has 3 rings (SSSR count). The number of benzene rings is 1. The van der Waals surface area contributed by atoms with Gasteiger partial charge in [-0.2, -0.15) is 0 Å². The lowest BCUT2D eigenvalue weighted by Crippen LogP contribution is -2.46. The third kappa shape index (κ3) is 3.62. The number of hydrogen-bond acceptors (Lipinski definition) is 3. The molecule has 0 radical (unpaired) electrons. The van der Waals surface area contributed by atoms with Crippen molar-refractivity contribution in [1.29, 1.82) is 0 Å². The van der Waals surface area contributed by atoms with Gasteiger partial charge >= 0.3 is 0 Å². The summed E-state index contributed by atoms with van der Waals surface area (Å²) in [7, 11) is 0. The Hall–Kier alpha value is -1.46. The van der Waals surface area contributed by atoms with E-state index < -0.39 is 0 Å². The van der Waals surface area contributed by atoms with Gasteiger partial charge in [-0.25, -0.2) is 4.39 Å². The second kappa shape index (κ2) is 7.62. The van der Waals surface area contributed by atoms with E-state index >= 15 is 0 Å². The van der Waals surface area contributed by atoms with Crippen LogP contribution < -0.4 is 11.1 Å². The highest BCUT2D eigenvalue weighted by atomic mass is 19.1. The first-order chi connectivity index (χ1) is 11.6. The molecule has 132 valence electrons. The molecule has 0 aromatic heterocycles. The number of carbonyl (C=O) groups excluding carboxylic acids is 1. The van der Waals surface area contributed by atoms with E-state index in [1.54, 1.807) is 0 Å². The average molecular weight is 334 g/mol. The van der Waals surface area contributed by atoms with Crippen LogP contribution >= 0.6 is 0 Å². The normalized spacial score (nSPS) is 26.2. The maximum Gasteiger partial charge on any atom is 0.223 e. The van der Waals surface area contributed by atoms with Crippen LogP contribution in [0.4, 0.5) is 4.39 Å². The third-order valence-electron chi connectivity index (χ3n) is 5.81. The second-order valence-electron chi connectivity index (χ2n) is 7.15. The van der Waals surface area contributed by atoms with Crippen LogP contribution in [0.5, 0.6) is 0 Å². The van der Waals surface area contributed by atoms with Gasteiger partial charge < -0.3 is 15.8 Å². The minimum atomic E-state index is -0.235. The molecule has 4 nitrogen and oxygen atoms in total. The van der Waals surface area contributed by atoms with Crippen molar-refractivity contribution in [1.82, 2.24) is 5.32 Å². The van der Waals surface area contributed by atoms with Gasteiger partial charge in [-0.15, -0.1) is 0 Å². The highest BCUT2D eigenvalue weighted by Gasteiger charge is 2.37. The van der Waals surface area contributed by atoms with Gasteiger partial charge in [0.2, 0.25) is 5.91 Å². The van der Waals surface area contributed by atoms with Crippen molar-refractivity contribution in [3.63, 3.8) is 0 Å². The number of halogens is 1. The fourth-order valence-corrected chi connectivity index (χ4v) is 4.18. The quantitative estimate of drug-likeness (QED) is 0.869. The molecule has 1 saturated heterocycles. The number of ether oxygens (including phenoxy) is 1.